The van der Waals surface area contributed by atoms with Gasteiger partial charge >= 0.3 is 5.97 Å². The number of carbonyl (C=O) groups is 2. The lowest BCUT2D eigenvalue weighted by Gasteiger charge is -2.41. The molecule has 8 nitrogen and oxygen atoms in total. The highest BCUT2D eigenvalue weighted by Crippen LogP contribution is 2.41. The summed E-state index contributed by atoms with van der Waals surface area (Å²) in [5, 5.41) is 20.3. The van der Waals surface area contributed by atoms with Crippen LogP contribution in [0.5, 0.6) is 5.75 Å². The highest BCUT2D eigenvalue weighted by Gasteiger charge is 2.46. The topological polar surface area (TPSA) is 110 Å². The third kappa shape index (κ3) is 2.36. The first-order valence-electron chi connectivity index (χ1n) is 6.72. The summed E-state index contributed by atoms with van der Waals surface area (Å²) in [5.74, 6) is -1.48. The molecule has 22 heavy (non-hydrogen) atoms. The van der Waals surface area contributed by atoms with Crippen LogP contribution >= 0.6 is 0 Å². The second kappa shape index (κ2) is 5.28. The standard InChI is InChI=1S/C14H16N2O6/c1-4-10-12(17)15(14(2,3)13(18)19)9-7-8(16(20)21)5-6-11(9)22-10/h5-7,10H,4H2,1-3H3,(H,18,19). The van der Waals surface area contributed by atoms with Gasteiger partial charge in [-0.2, -0.15) is 0 Å². The van der Waals surface area contributed by atoms with Crippen molar-refractivity contribution in [3.05, 3.63) is 28.3 Å². The van der Waals surface area contributed by atoms with E-state index in [1.165, 1.54) is 26.0 Å². The number of non-ortho nitro benzene ring substituents is 1. The minimum Gasteiger partial charge on any atom is -0.480 e. The molecular weight excluding hydrogens is 292 g/mol. The third-order valence-corrected chi connectivity index (χ3v) is 3.61. The second-order valence-corrected chi connectivity index (χ2v) is 5.46. The molecule has 118 valence electrons. The van der Waals surface area contributed by atoms with Crippen LogP contribution in [0, 0.1) is 10.1 Å². The lowest BCUT2D eigenvalue weighted by molar-refractivity contribution is -0.384. The Hall–Kier alpha value is -2.64. The maximum absolute atomic E-state index is 12.5. The maximum Gasteiger partial charge on any atom is 0.329 e. The molecule has 0 saturated carbocycles. The maximum atomic E-state index is 12.5. The fraction of sp³-hybridized carbons (Fsp3) is 0.429. The van der Waals surface area contributed by atoms with E-state index in [1.807, 2.05) is 0 Å². The Morgan fingerprint density at radius 1 is 1.50 bits per heavy atom. The van der Waals surface area contributed by atoms with Crippen LogP contribution in [0.15, 0.2) is 18.2 Å². The van der Waals surface area contributed by atoms with E-state index in [0.717, 1.165) is 11.0 Å². The van der Waals surface area contributed by atoms with Gasteiger partial charge < -0.3 is 9.84 Å². The number of amides is 1. The molecule has 1 unspecified atom stereocenters. The average Bonchev–Trinajstić information content (AvgIpc) is 2.45. The first kappa shape index (κ1) is 15.7. The SMILES string of the molecule is CCC1Oc2ccc([N+](=O)[O-])cc2N(C(C)(C)C(=O)O)C1=O. The molecule has 1 N–H and O–H groups in total. The molecule has 1 aromatic rings. The average molecular weight is 308 g/mol. The second-order valence-electron chi connectivity index (χ2n) is 5.46. The predicted molar refractivity (Wildman–Crippen MR) is 77.0 cm³/mol. The number of aliphatic carboxylic acids is 1. The molecule has 1 aliphatic rings. The van der Waals surface area contributed by atoms with Gasteiger partial charge in [-0.3, -0.25) is 19.8 Å². The molecule has 0 saturated heterocycles. The molecule has 1 aliphatic heterocycles. The van der Waals surface area contributed by atoms with E-state index in [-0.39, 0.29) is 17.1 Å². The van der Waals surface area contributed by atoms with Gasteiger partial charge in [-0.05, 0) is 26.3 Å². The van der Waals surface area contributed by atoms with Crippen molar-refractivity contribution in [2.45, 2.75) is 38.8 Å². The van der Waals surface area contributed by atoms with Crippen LogP contribution in [-0.2, 0) is 9.59 Å². The van der Waals surface area contributed by atoms with Gasteiger partial charge in [0, 0.05) is 12.1 Å². The highest BCUT2D eigenvalue weighted by atomic mass is 16.6. The number of ether oxygens (including phenoxy) is 1. The molecule has 0 radical (unpaired) electrons. The fourth-order valence-electron chi connectivity index (χ4n) is 2.29. The van der Waals surface area contributed by atoms with Crippen LogP contribution < -0.4 is 9.64 Å². The number of rotatable bonds is 4. The van der Waals surface area contributed by atoms with Crippen molar-refractivity contribution in [3.8, 4) is 5.75 Å². The van der Waals surface area contributed by atoms with E-state index in [4.69, 9.17) is 4.74 Å². The molecule has 0 aliphatic carbocycles. The quantitative estimate of drug-likeness (QED) is 0.672. The number of hydrogen-bond donors (Lipinski definition) is 1. The summed E-state index contributed by atoms with van der Waals surface area (Å²) >= 11 is 0. The number of nitro groups is 1. The number of hydrogen-bond acceptors (Lipinski definition) is 5. The Kier molecular flexibility index (Phi) is 3.78. The number of fused-ring (bicyclic) bond motifs is 1. The van der Waals surface area contributed by atoms with Crippen molar-refractivity contribution in [1.82, 2.24) is 0 Å². The first-order valence-corrected chi connectivity index (χ1v) is 6.72. The summed E-state index contributed by atoms with van der Waals surface area (Å²) in [6.45, 7) is 4.48. The van der Waals surface area contributed by atoms with Crippen molar-refractivity contribution >= 4 is 23.3 Å². The fourth-order valence-corrected chi connectivity index (χ4v) is 2.29. The third-order valence-electron chi connectivity index (χ3n) is 3.61. The van der Waals surface area contributed by atoms with Crippen molar-refractivity contribution in [2.75, 3.05) is 4.90 Å². The molecule has 2 rings (SSSR count). The minimum atomic E-state index is -1.56. The Labute approximate surface area is 126 Å². The summed E-state index contributed by atoms with van der Waals surface area (Å²) in [4.78, 5) is 35.4. The number of carboxylic acid groups (broad SMARTS) is 1. The van der Waals surface area contributed by atoms with Crippen molar-refractivity contribution in [3.63, 3.8) is 0 Å². The minimum absolute atomic E-state index is 0.0938. The van der Waals surface area contributed by atoms with Crippen molar-refractivity contribution < 1.29 is 24.4 Å². The molecule has 1 aromatic carbocycles. The monoisotopic (exact) mass is 308 g/mol. The number of nitrogens with zero attached hydrogens (tertiary/aromatic N) is 2. The van der Waals surface area contributed by atoms with E-state index in [9.17, 15) is 24.8 Å². The number of carboxylic acids is 1. The zero-order chi connectivity index (χ0) is 16.7. The van der Waals surface area contributed by atoms with Gasteiger partial charge in [-0.15, -0.1) is 0 Å². The van der Waals surface area contributed by atoms with Gasteiger partial charge in [-0.1, -0.05) is 6.92 Å². The van der Waals surface area contributed by atoms with Gasteiger partial charge in [-0.25, -0.2) is 4.79 Å². The van der Waals surface area contributed by atoms with E-state index in [1.54, 1.807) is 6.92 Å². The van der Waals surface area contributed by atoms with Gasteiger partial charge in [0.15, 0.2) is 6.10 Å². The summed E-state index contributed by atoms with van der Waals surface area (Å²) in [5.41, 5.74) is -1.70. The van der Waals surface area contributed by atoms with Crippen molar-refractivity contribution in [1.29, 1.82) is 0 Å². The Morgan fingerprint density at radius 3 is 2.64 bits per heavy atom. The van der Waals surface area contributed by atoms with Gasteiger partial charge in [0.2, 0.25) is 0 Å². The molecule has 1 amide bonds. The largest absolute Gasteiger partial charge is 0.480 e. The summed E-state index contributed by atoms with van der Waals surface area (Å²) in [6.07, 6.45) is -0.450. The molecule has 1 atom stereocenters. The van der Waals surface area contributed by atoms with E-state index < -0.39 is 28.4 Å². The zero-order valence-corrected chi connectivity index (χ0v) is 12.4. The molecule has 0 aromatic heterocycles. The molecule has 0 spiro atoms. The molecule has 0 fully saturated rings. The molecule has 0 bridgehead atoms. The van der Waals surface area contributed by atoms with Crippen LogP contribution in [0.25, 0.3) is 0 Å². The molecule has 1 heterocycles. The van der Waals surface area contributed by atoms with Crippen LogP contribution in [0.3, 0.4) is 0 Å². The van der Waals surface area contributed by atoms with Crippen LogP contribution in [0.1, 0.15) is 27.2 Å². The van der Waals surface area contributed by atoms with Crippen LogP contribution in [-0.4, -0.2) is 33.5 Å². The van der Waals surface area contributed by atoms with Crippen molar-refractivity contribution in [2.24, 2.45) is 0 Å². The molecule has 8 heteroatoms. The van der Waals surface area contributed by atoms with Crippen LogP contribution in [0.2, 0.25) is 0 Å². The van der Waals surface area contributed by atoms with E-state index >= 15 is 0 Å². The Balaban J connectivity index is 2.65. The highest BCUT2D eigenvalue weighted by molar-refractivity contribution is 6.06. The van der Waals surface area contributed by atoms with Crippen LogP contribution in [0.4, 0.5) is 11.4 Å². The number of benzene rings is 1. The van der Waals surface area contributed by atoms with E-state index in [0.29, 0.717) is 6.42 Å². The van der Waals surface area contributed by atoms with Gasteiger partial charge in [0.25, 0.3) is 11.6 Å². The predicted octanol–water partition coefficient (Wildman–Crippen LogP) is 1.96. The summed E-state index contributed by atoms with van der Waals surface area (Å²) < 4.78 is 5.53. The summed E-state index contributed by atoms with van der Waals surface area (Å²) in [6, 6.07) is 3.80. The van der Waals surface area contributed by atoms with Gasteiger partial charge in [0.05, 0.1) is 10.6 Å². The zero-order valence-electron chi connectivity index (χ0n) is 12.4. The summed E-state index contributed by atoms with van der Waals surface area (Å²) in [7, 11) is 0. The Bertz CT molecular complexity index is 655. The number of anilines is 1. The number of carbonyl (C=O) groups excluding carboxylic acids is 1. The van der Waals surface area contributed by atoms with Gasteiger partial charge in [0.1, 0.15) is 11.3 Å². The molecular formula is C14H16N2O6. The first-order chi connectivity index (χ1) is 10.2. The Morgan fingerprint density at radius 2 is 2.14 bits per heavy atom. The lowest BCUT2D eigenvalue weighted by Crippen LogP contribution is -2.59. The lowest BCUT2D eigenvalue weighted by atomic mass is 9.98. The normalized spacial score (nSPS) is 17.7. The number of nitro benzene ring substituents is 1. The van der Waals surface area contributed by atoms with E-state index in [2.05, 4.69) is 0 Å². The smallest absolute Gasteiger partial charge is 0.329 e.